The largest absolute Gasteiger partial charge is 0.283 e. The van der Waals surface area contributed by atoms with Gasteiger partial charge >= 0.3 is 0 Å². The highest BCUT2D eigenvalue weighted by Gasteiger charge is 2.16. The number of aryl methyl sites for hydroxylation is 2. The molecule has 0 amide bonds. The van der Waals surface area contributed by atoms with E-state index in [0.717, 1.165) is 16.4 Å². The van der Waals surface area contributed by atoms with E-state index in [-0.39, 0.29) is 0 Å². The van der Waals surface area contributed by atoms with Crippen LogP contribution in [0.3, 0.4) is 0 Å². The maximum atomic E-state index is 11.1. The second-order valence-corrected chi connectivity index (χ2v) is 6.39. The molecule has 0 heterocycles. The zero-order chi connectivity index (χ0) is 10.3. The zero-order valence-corrected chi connectivity index (χ0v) is 10.6. The summed E-state index contributed by atoms with van der Waals surface area (Å²) in [6.07, 6.45) is 3.34. The Morgan fingerprint density at radius 3 is 2.36 bits per heavy atom. The van der Waals surface area contributed by atoms with Crippen LogP contribution in [0.4, 0.5) is 5.69 Å². The zero-order valence-electron chi connectivity index (χ0n) is 7.67. The Morgan fingerprint density at radius 1 is 1.29 bits per heavy atom. The van der Waals surface area contributed by atoms with Gasteiger partial charge in [0.1, 0.15) is 0 Å². The normalized spacial score (nSPS) is 14.4. The molecule has 0 aromatic heterocycles. The summed E-state index contributed by atoms with van der Waals surface area (Å²) in [5, 5.41) is 0. The Morgan fingerprint density at radius 2 is 1.86 bits per heavy atom. The summed E-state index contributed by atoms with van der Waals surface area (Å²) in [5.74, 6) is 0. The third-order valence-electron chi connectivity index (χ3n) is 2.25. The van der Waals surface area contributed by atoms with Gasteiger partial charge in [0.2, 0.25) is 10.0 Å². The standard InChI is InChI=1S/C9H10INO2S/c1-14(12,13)11-9-5-7-3-2-6(7)4-8(9)10/h4-5,11H,2-3H2,1H3. The molecule has 0 fully saturated rings. The predicted octanol–water partition coefficient (Wildman–Crippen LogP) is 1.76. The summed E-state index contributed by atoms with van der Waals surface area (Å²) in [6, 6.07) is 3.98. The molecule has 0 radical (unpaired) electrons. The van der Waals surface area contributed by atoms with Crippen LogP contribution in [-0.2, 0) is 22.9 Å². The smallest absolute Gasteiger partial charge is 0.229 e. The van der Waals surface area contributed by atoms with E-state index in [0.29, 0.717) is 5.69 Å². The molecule has 2 rings (SSSR count). The van der Waals surface area contributed by atoms with Crippen LogP contribution in [0, 0.1) is 3.57 Å². The van der Waals surface area contributed by atoms with Crippen LogP contribution in [0.2, 0.25) is 0 Å². The first kappa shape index (κ1) is 10.2. The van der Waals surface area contributed by atoms with Crippen molar-refractivity contribution in [3.63, 3.8) is 0 Å². The van der Waals surface area contributed by atoms with Crippen molar-refractivity contribution in [2.45, 2.75) is 12.8 Å². The fraction of sp³-hybridized carbons (Fsp3) is 0.333. The molecule has 76 valence electrons. The molecule has 0 unspecified atom stereocenters. The van der Waals surface area contributed by atoms with Crippen molar-refractivity contribution in [3.05, 3.63) is 26.8 Å². The third-order valence-corrected chi connectivity index (χ3v) is 3.73. The number of benzene rings is 1. The summed E-state index contributed by atoms with van der Waals surface area (Å²) in [6.45, 7) is 0. The molecule has 1 aromatic rings. The number of halogens is 1. The second-order valence-electron chi connectivity index (χ2n) is 3.47. The maximum absolute atomic E-state index is 11.1. The van der Waals surface area contributed by atoms with Crippen molar-refractivity contribution in [1.29, 1.82) is 0 Å². The number of nitrogens with one attached hydrogen (secondary N) is 1. The van der Waals surface area contributed by atoms with Gasteiger partial charge in [0.25, 0.3) is 0 Å². The van der Waals surface area contributed by atoms with E-state index >= 15 is 0 Å². The maximum Gasteiger partial charge on any atom is 0.229 e. The third kappa shape index (κ3) is 2.03. The number of hydrogen-bond donors (Lipinski definition) is 1. The van der Waals surface area contributed by atoms with Crippen LogP contribution < -0.4 is 4.72 Å². The number of fused-ring (bicyclic) bond motifs is 1. The molecule has 0 spiro atoms. The van der Waals surface area contributed by atoms with E-state index in [9.17, 15) is 8.42 Å². The van der Waals surface area contributed by atoms with Crippen molar-refractivity contribution >= 4 is 38.3 Å². The van der Waals surface area contributed by atoms with E-state index in [1.807, 2.05) is 12.1 Å². The van der Waals surface area contributed by atoms with Gasteiger partial charge in [-0.25, -0.2) is 8.42 Å². The van der Waals surface area contributed by atoms with Gasteiger partial charge in [0.15, 0.2) is 0 Å². The lowest BCUT2D eigenvalue weighted by Crippen LogP contribution is -2.14. The van der Waals surface area contributed by atoms with E-state index in [1.54, 1.807) is 0 Å². The lowest BCUT2D eigenvalue weighted by Gasteiger charge is -2.20. The molecule has 1 aliphatic carbocycles. The van der Waals surface area contributed by atoms with E-state index < -0.39 is 10.0 Å². The Hall–Kier alpha value is -0.300. The van der Waals surface area contributed by atoms with Crippen molar-refractivity contribution in [3.8, 4) is 0 Å². The van der Waals surface area contributed by atoms with Crippen molar-refractivity contribution in [2.75, 3.05) is 11.0 Å². The monoisotopic (exact) mass is 323 g/mol. The first-order valence-corrected chi connectivity index (χ1v) is 7.22. The fourth-order valence-corrected chi connectivity index (χ4v) is 2.91. The molecule has 0 aliphatic heterocycles. The summed E-state index contributed by atoms with van der Waals surface area (Å²) in [4.78, 5) is 0. The Kier molecular flexibility index (Phi) is 2.46. The van der Waals surface area contributed by atoms with Crippen molar-refractivity contribution < 1.29 is 8.42 Å². The molecule has 5 heteroatoms. The highest BCUT2D eigenvalue weighted by molar-refractivity contribution is 14.1. The summed E-state index contributed by atoms with van der Waals surface area (Å²) in [5.41, 5.74) is 3.30. The Labute approximate surface area is 97.1 Å². The highest BCUT2D eigenvalue weighted by Crippen LogP contribution is 2.30. The summed E-state index contributed by atoms with van der Waals surface area (Å²) in [7, 11) is -3.16. The Bertz CT molecular complexity index is 482. The number of rotatable bonds is 2. The molecule has 1 N–H and O–H groups in total. The van der Waals surface area contributed by atoms with Crippen LogP contribution in [-0.4, -0.2) is 14.7 Å². The van der Waals surface area contributed by atoms with E-state index in [2.05, 4.69) is 27.3 Å². The quantitative estimate of drug-likeness (QED) is 0.843. The van der Waals surface area contributed by atoms with Gasteiger partial charge in [-0.05, 0) is 58.7 Å². The van der Waals surface area contributed by atoms with Crippen LogP contribution in [0.25, 0.3) is 0 Å². The molecule has 0 atom stereocenters. The van der Waals surface area contributed by atoms with Gasteiger partial charge in [0.05, 0.1) is 11.9 Å². The van der Waals surface area contributed by atoms with E-state index in [1.165, 1.54) is 17.4 Å². The van der Waals surface area contributed by atoms with Crippen LogP contribution in [0.1, 0.15) is 11.1 Å². The predicted molar refractivity (Wildman–Crippen MR) is 65.0 cm³/mol. The summed E-state index contributed by atoms with van der Waals surface area (Å²) >= 11 is 2.15. The molecular weight excluding hydrogens is 313 g/mol. The average molecular weight is 323 g/mol. The highest BCUT2D eigenvalue weighted by atomic mass is 127. The van der Waals surface area contributed by atoms with Gasteiger partial charge in [-0.3, -0.25) is 4.72 Å². The van der Waals surface area contributed by atoms with Crippen molar-refractivity contribution in [2.24, 2.45) is 0 Å². The second kappa shape index (κ2) is 3.37. The number of hydrogen-bond acceptors (Lipinski definition) is 2. The first-order chi connectivity index (χ1) is 6.46. The summed E-state index contributed by atoms with van der Waals surface area (Å²) < 4.78 is 25.6. The van der Waals surface area contributed by atoms with Gasteiger partial charge in [-0.2, -0.15) is 0 Å². The first-order valence-electron chi connectivity index (χ1n) is 4.25. The number of sulfonamides is 1. The topological polar surface area (TPSA) is 46.2 Å². The van der Waals surface area contributed by atoms with Crippen LogP contribution in [0.5, 0.6) is 0 Å². The molecule has 1 aliphatic rings. The molecule has 3 nitrogen and oxygen atoms in total. The fourth-order valence-electron chi connectivity index (χ4n) is 1.50. The minimum absolute atomic E-state index is 0.701. The molecule has 0 bridgehead atoms. The number of anilines is 1. The molecule has 1 aromatic carbocycles. The van der Waals surface area contributed by atoms with Gasteiger partial charge in [0, 0.05) is 3.57 Å². The van der Waals surface area contributed by atoms with Crippen LogP contribution >= 0.6 is 22.6 Å². The van der Waals surface area contributed by atoms with Crippen molar-refractivity contribution in [1.82, 2.24) is 0 Å². The SMILES string of the molecule is CS(=O)(=O)Nc1cc2c(cc1I)CC2. The molecular formula is C9H10INO2S. The lowest BCUT2D eigenvalue weighted by atomic mass is 9.88. The van der Waals surface area contributed by atoms with Gasteiger partial charge < -0.3 is 0 Å². The average Bonchev–Trinajstić information content (AvgIpc) is 2.01. The Balaban J connectivity index is 2.39. The van der Waals surface area contributed by atoms with Crippen LogP contribution in [0.15, 0.2) is 12.1 Å². The van der Waals surface area contributed by atoms with Gasteiger partial charge in [-0.1, -0.05) is 0 Å². The van der Waals surface area contributed by atoms with E-state index in [4.69, 9.17) is 0 Å². The lowest BCUT2D eigenvalue weighted by molar-refractivity contribution is 0.606. The molecule has 14 heavy (non-hydrogen) atoms. The minimum atomic E-state index is -3.16. The molecule has 0 saturated heterocycles. The van der Waals surface area contributed by atoms with Gasteiger partial charge in [-0.15, -0.1) is 0 Å². The minimum Gasteiger partial charge on any atom is -0.283 e. The molecule has 0 saturated carbocycles.